The molecule has 0 atom stereocenters. The Balaban J connectivity index is 1.69. The van der Waals surface area contributed by atoms with E-state index in [-0.39, 0.29) is 0 Å². The van der Waals surface area contributed by atoms with Gasteiger partial charge in [-0.2, -0.15) is 0 Å². The van der Waals surface area contributed by atoms with Crippen molar-refractivity contribution in [2.45, 2.75) is 6.42 Å². The highest BCUT2D eigenvalue weighted by Gasteiger charge is 2.07. The van der Waals surface area contributed by atoms with E-state index in [0.29, 0.717) is 11.6 Å². The highest BCUT2D eigenvalue weighted by molar-refractivity contribution is 7.15. The summed E-state index contributed by atoms with van der Waals surface area (Å²) in [5, 5.41) is 15.7. The number of para-hydroxylation sites is 1. The molecule has 0 aliphatic heterocycles. The van der Waals surface area contributed by atoms with Gasteiger partial charge in [-0.25, -0.2) is 4.98 Å². The molecule has 0 saturated heterocycles. The van der Waals surface area contributed by atoms with Crippen LogP contribution in [0.15, 0.2) is 35.7 Å². The Morgan fingerprint density at radius 3 is 2.74 bits per heavy atom. The second-order valence-corrected chi connectivity index (χ2v) is 5.80. The van der Waals surface area contributed by atoms with Crippen LogP contribution in [0, 0.1) is 0 Å². The van der Waals surface area contributed by atoms with E-state index in [2.05, 4.69) is 20.5 Å². The molecule has 0 fully saturated rings. The van der Waals surface area contributed by atoms with Crippen LogP contribution in [0.1, 0.15) is 10.7 Å². The normalized spacial score (nSPS) is 10.5. The number of hydrogen-bond acceptors (Lipinski definition) is 7. The van der Waals surface area contributed by atoms with Gasteiger partial charge >= 0.3 is 0 Å². The van der Waals surface area contributed by atoms with Gasteiger partial charge in [0.15, 0.2) is 5.13 Å². The number of anilines is 3. The standard InChI is InChI=1S/C12H11N5S2/c13-11-14-9(7-18-11)6-10-16-17-12(19-10)15-8-4-2-1-3-5-8/h1-5,7H,6H2,(H2,13,14)(H,15,17). The van der Waals surface area contributed by atoms with Gasteiger partial charge in [0.25, 0.3) is 0 Å². The molecule has 1 aromatic carbocycles. The van der Waals surface area contributed by atoms with Gasteiger partial charge in [0, 0.05) is 17.5 Å². The average Bonchev–Trinajstić information content (AvgIpc) is 3.01. The zero-order valence-electron chi connectivity index (χ0n) is 9.91. The first-order chi connectivity index (χ1) is 9.29. The smallest absolute Gasteiger partial charge is 0.210 e. The summed E-state index contributed by atoms with van der Waals surface area (Å²) in [6.07, 6.45) is 0.668. The molecule has 5 nitrogen and oxygen atoms in total. The second-order valence-electron chi connectivity index (χ2n) is 3.85. The monoisotopic (exact) mass is 289 g/mol. The van der Waals surface area contributed by atoms with E-state index in [4.69, 9.17) is 5.73 Å². The highest BCUT2D eigenvalue weighted by atomic mass is 32.1. The van der Waals surface area contributed by atoms with E-state index in [1.165, 1.54) is 22.7 Å². The van der Waals surface area contributed by atoms with E-state index in [9.17, 15) is 0 Å². The van der Waals surface area contributed by atoms with E-state index in [1.807, 2.05) is 35.7 Å². The summed E-state index contributed by atoms with van der Waals surface area (Å²) in [6.45, 7) is 0. The summed E-state index contributed by atoms with van der Waals surface area (Å²) in [5.74, 6) is 0. The fraction of sp³-hybridized carbons (Fsp3) is 0.0833. The maximum atomic E-state index is 5.60. The van der Waals surface area contributed by atoms with Gasteiger partial charge in [-0.1, -0.05) is 29.5 Å². The molecule has 3 rings (SSSR count). The zero-order valence-corrected chi connectivity index (χ0v) is 11.5. The topological polar surface area (TPSA) is 76.7 Å². The third-order valence-corrected chi connectivity index (χ3v) is 3.96. The molecular weight excluding hydrogens is 278 g/mol. The van der Waals surface area contributed by atoms with Gasteiger partial charge < -0.3 is 11.1 Å². The van der Waals surface area contributed by atoms with Crippen LogP contribution in [-0.4, -0.2) is 15.2 Å². The Hall–Kier alpha value is -1.99. The van der Waals surface area contributed by atoms with Gasteiger partial charge in [0.05, 0.1) is 5.69 Å². The van der Waals surface area contributed by atoms with Crippen LogP contribution in [0.4, 0.5) is 16.0 Å². The molecule has 0 radical (unpaired) electrons. The van der Waals surface area contributed by atoms with E-state index >= 15 is 0 Å². The number of aromatic nitrogens is 3. The molecule has 19 heavy (non-hydrogen) atoms. The van der Waals surface area contributed by atoms with Crippen molar-refractivity contribution in [3.8, 4) is 0 Å². The first kappa shape index (κ1) is 12.1. The lowest BCUT2D eigenvalue weighted by Crippen LogP contribution is -1.89. The van der Waals surface area contributed by atoms with Gasteiger partial charge in [-0.3, -0.25) is 0 Å². The van der Waals surface area contributed by atoms with Crippen molar-refractivity contribution in [2.24, 2.45) is 0 Å². The first-order valence-corrected chi connectivity index (χ1v) is 7.33. The minimum Gasteiger partial charge on any atom is -0.375 e. The van der Waals surface area contributed by atoms with E-state index in [0.717, 1.165) is 21.5 Å². The Bertz CT molecular complexity index is 662. The van der Waals surface area contributed by atoms with Crippen LogP contribution in [-0.2, 0) is 6.42 Å². The van der Waals surface area contributed by atoms with Crippen LogP contribution < -0.4 is 11.1 Å². The number of nitrogens with zero attached hydrogens (tertiary/aromatic N) is 3. The molecule has 0 spiro atoms. The lowest BCUT2D eigenvalue weighted by molar-refractivity contribution is 0.988. The highest BCUT2D eigenvalue weighted by Crippen LogP contribution is 2.23. The summed E-state index contributed by atoms with van der Waals surface area (Å²) in [7, 11) is 0. The van der Waals surface area contributed by atoms with Crippen molar-refractivity contribution in [3.63, 3.8) is 0 Å². The second kappa shape index (κ2) is 5.33. The summed E-state index contributed by atoms with van der Waals surface area (Å²) >= 11 is 2.96. The molecule has 0 amide bonds. The number of hydrogen-bond donors (Lipinski definition) is 2. The summed E-state index contributed by atoms with van der Waals surface area (Å²) in [4.78, 5) is 4.21. The lowest BCUT2D eigenvalue weighted by atomic mass is 10.3. The number of benzene rings is 1. The molecule has 0 aliphatic rings. The number of nitrogens with two attached hydrogens (primary N) is 1. The Kier molecular flexibility index (Phi) is 3.39. The van der Waals surface area contributed by atoms with Crippen molar-refractivity contribution in [1.82, 2.24) is 15.2 Å². The maximum absolute atomic E-state index is 5.60. The van der Waals surface area contributed by atoms with Crippen molar-refractivity contribution in [3.05, 3.63) is 46.4 Å². The third-order valence-electron chi connectivity index (χ3n) is 2.39. The fourth-order valence-electron chi connectivity index (χ4n) is 1.58. The SMILES string of the molecule is Nc1nc(Cc2nnc(Nc3ccccc3)s2)cs1. The van der Waals surface area contributed by atoms with Crippen LogP contribution in [0.2, 0.25) is 0 Å². The Morgan fingerprint density at radius 1 is 1.16 bits per heavy atom. The zero-order chi connectivity index (χ0) is 13.1. The van der Waals surface area contributed by atoms with Gasteiger partial charge in [0.2, 0.25) is 5.13 Å². The van der Waals surface area contributed by atoms with Gasteiger partial charge in [-0.15, -0.1) is 21.5 Å². The largest absolute Gasteiger partial charge is 0.375 e. The molecule has 96 valence electrons. The number of thiazole rings is 1. The molecule has 7 heteroatoms. The van der Waals surface area contributed by atoms with Gasteiger partial charge in [0.1, 0.15) is 5.01 Å². The lowest BCUT2D eigenvalue weighted by Gasteiger charge is -1.99. The molecule has 0 saturated carbocycles. The minimum absolute atomic E-state index is 0.585. The summed E-state index contributed by atoms with van der Waals surface area (Å²) in [6, 6.07) is 9.90. The Morgan fingerprint density at radius 2 is 2.00 bits per heavy atom. The molecule has 3 N–H and O–H groups in total. The van der Waals surface area contributed by atoms with Crippen LogP contribution in [0.5, 0.6) is 0 Å². The van der Waals surface area contributed by atoms with Crippen molar-refractivity contribution in [2.75, 3.05) is 11.1 Å². The van der Waals surface area contributed by atoms with Crippen LogP contribution in [0.3, 0.4) is 0 Å². The van der Waals surface area contributed by atoms with Gasteiger partial charge in [-0.05, 0) is 12.1 Å². The number of nitrogens with one attached hydrogen (secondary N) is 1. The molecule has 2 aromatic heterocycles. The molecule has 3 aromatic rings. The summed E-state index contributed by atoms with van der Waals surface area (Å²) in [5.41, 5.74) is 7.54. The maximum Gasteiger partial charge on any atom is 0.210 e. The Labute approximate surface area is 118 Å². The molecule has 0 aliphatic carbocycles. The van der Waals surface area contributed by atoms with Crippen LogP contribution >= 0.6 is 22.7 Å². The molecule has 0 bridgehead atoms. The van der Waals surface area contributed by atoms with E-state index < -0.39 is 0 Å². The quantitative estimate of drug-likeness (QED) is 0.772. The van der Waals surface area contributed by atoms with Crippen molar-refractivity contribution in [1.29, 1.82) is 0 Å². The average molecular weight is 289 g/mol. The van der Waals surface area contributed by atoms with Crippen molar-refractivity contribution < 1.29 is 0 Å². The molecule has 0 unspecified atom stereocenters. The van der Waals surface area contributed by atoms with E-state index in [1.54, 1.807) is 0 Å². The number of rotatable bonds is 4. The molecular formula is C12H11N5S2. The molecule has 2 heterocycles. The minimum atomic E-state index is 0.585. The predicted octanol–water partition coefficient (Wildman–Crippen LogP) is 2.91. The third kappa shape index (κ3) is 3.07. The predicted molar refractivity (Wildman–Crippen MR) is 79.0 cm³/mol. The number of nitrogen functional groups attached to an aromatic ring is 1. The van der Waals surface area contributed by atoms with Crippen LogP contribution in [0.25, 0.3) is 0 Å². The first-order valence-electron chi connectivity index (χ1n) is 5.64. The fourth-order valence-corrected chi connectivity index (χ4v) is 2.92. The van der Waals surface area contributed by atoms with Crippen molar-refractivity contribution >= 4 is 38.6 Å². The summed E-state index contributed by atoms with van der Waals surface area (Å²) < 4.78 is 0.